The van der Waals surface area contributed by atoms with Crippen LogP contribution in [-0.4, -0.2) is 12.4 Å². The molecular weight excluding hydrogens is 229 g/mol. The Balaban J connectivity index is 3.43. The van der Waals surface area contributed by atoms with Gasteiger partial charge in [0.25, 0.3) is 0 Å². The molecular formula is C12H14F3N2+. The molecule has 0 unspecified atom stereocenters. The first-order valence-corrected chi connectivity index (χ1v) is 4.97. The summed E-state index contributed by atoms with van der Waals surface area (Å²) in [6.45, 7) is 3.58. The fourth-order valence-electron chi connectivity index (χ4n) is 1.59. The average Bonchev–Trinajstić information content (AvgIpc) is 2.20. The van der Waals surface area contributed by atoms with Crippen molar-refractivity contribution in [2.24, 2.45) is 5.73 Å². The van der Waals surface area contributed by atoms with E-state index in [1.165, 1.54) is 0 Å². The minimum atomic E-state index is -4.58. The fraction of sp³-hybridized carbons (Fsp3) is 0.250. The summed E-state index contributed by atoms with van der Waals surface area (Å²) < 4.78 is 37.6. The van der Waals surface area contributed by atoms with Crippen molar-refractivity contribution < 1.29 is 18.6 Å². The van der Waals surface area contributed by atoms with Crippen LogP contribution in [0.2, 0.25) is 0 Å². The monoisotopic (exact) mass is 243 g/mol. The minimum absolute atomic E-state index is 0.185. The van der Waals surface area contributed by atoms with E-state index in [4.69, 9.17) is 11.1 Å². The Morgan fingerprint density at radius 2 is 1.88 bits per heavy atom. The molecule has 0 amide bonds. The van der Waals surface area contributed by atoms with Crippen LogP contribution in [0.5, 0.6) is 0 Å². The SMILES string of the molecule is Cc1ccc(C(C=[NH2+])=C(N)C(F)(F)F)c(C)c1. The van der Waals surface area contributed by atoms with Crippen molar-refractivity contribution in [3.8, 4) is 0 Å². The average molecular weight is 243 g/mol. The van der Waals surface area contributed by atoms with Gasteiger partial charge in [0.2, 0.25) is 0 Å². The van der Waals surface area contributed by atoms with Crippen LogP contribution in [0.3, 0.4) is 0 Å². The molecule has 5 heteroatoms. The highest BCUT2D eigenvalue weighted by molar-refractivity contribution is 6.08. The minimum Gasteiger partial charge on any atom is -0.394 e. The highest BCUT2D eigenvalue weighted by Crippen LogP contribution is 2.29. The molecule has 92 valence electrons. The molecule has 0 radical (unpaired) electrons. The van der Waals surface area contributed by atoms with Gasteiger partial charge in [0.05, 0.1) is 5.57 Å². The lowest BCUT2D eigenvalue weighted by atomic mass is 9.98. The van der Waals surface area contributed by atoms with Gasteiger partial charge in [-0.3, -0.25) is 5.41 Å². The topological polar surface area (TPSA) is 51.6 Å². The van der Waals surface area contributed by atoms with Crippen LogP contribution < -0.4 is 11.1 Å². The molecule has 17 heavy (non-hydrogen) atoms. The Bertz CT molecular complexity index is 473. The van der Waals surface area contributed by atoms with Gasteiger partial charge in [-0.1, -0.05) is 23.8 Å². The number of hydrogen-bond acceptors (Lipinski definition) is 1. The normalized spacial score (nSPS) is 13.2. The standard InChI is InChI=1S/C12H13F3N2/c1-7-3-4-9(8(2)5-7)10(6-16)11(17)12(13,14)15/h3-6,16H,17H2,1-2H3/p+1. The zero-order chi connectivity index (χ0) is 13.2. The molecule has 0 bridgehead atoms. The van der Waals surface area contributed by atoms with E-state index in [2.05, 4.69) is 0 Å². The molecule has 0 heterocycles. The van der Waals surface area contributed by atoms with Gasteiger partial charge in [0.15, 0.2) is 6.21 Å². The third-order valence-corrected chi connectivity index (χ3v) is 2.43. The van der Waals surface area contributed by atoms with E-state index in [-0.39, 0.29) is 5.57 Å². The number of benzene rings is 1. The summed E-state index contributed by atoms with van der Waals surface area (Å²) in [6, 6.07) is 5.08. The van der Waals surface area contributed by atoms with Gasteiger partial charge >= 0.3 is 6.18 Å². The summed E-state index contributed by atoms with van der Waals surface area (Å²) >= 11 is 0. The number of alkyl halides is 3. The van der Waals surface area contributed by atoms with Crippen LogP contribution in [0, 0.1) is 13.8 Å². The lowest BCUT2D eigenvalue weighted by Crippen LogP contribution is -2.33. The van der Waals surface area contributed by atoms with Gasteiger partial charge < -0.3 is 5.73 Å². The van der Waals surface area contributed by atoms with Gasteiger partial charge in [0.1, 0.15) is 5.70 Å². The summed E-state index contributed by atoms with van der Waals surface area (Å²) in [5, 5.41) is 5.25. The molecule has 0 fully saturated rings. The maximum absolute atomic E-state index is 12.5. The van der Waals surface area contributed by atoms with Crippen molar-refractivity contribution in [1.29, 1.82) is 0 Å². The molecule has 0 aliphatic heterocycles. The number of aryl methyl sites for hydroxylation is 2. The van der Waals surface area contributed by atoms with E-state index in [9.17, 15) is 13.2 Å². The molecule has 0 saturated carbocycles. The van der Waals surface area contributed by atoms with Crippen LogP contribution in [0.1, 0.15) is 16.7 Å². The molecule has 0 spiro atoms. The third kappa shape index (κ3) is 2.87. The highest BCUT2D eigenvalue weighted by Gasteiger charge is 2.35. The van der Waals surface area contributed by atoms with Crippen molar-refractivity contribution in [3.05, 3.63) is 40.6 Å². The van der Waals surface area contributed by atoms with E-state index in [1.807, 2.05) is 6.92 Å². The van der Waals surface area contributed by atoms with Crippen molar-refractivity contribution >= 4 is 11.8 Å². The zero-order valence-corrected chi connectivity index (χ0v) is 9.60. The summed E-state index contributed by atoms with van der Waals surface area (Å²) in [7, 11) is 0. The first-order chi connectivity index (χ1) is 7.77. The van der Waals surface area contributed by atoms with Crippen molar-refractivity contribution in [3.63, 3.8) is 0 Å². The van der Waals surface area contributed by atoms with Gasteiger partial charge in [0, 0.05) is 0 Å². The predicted molar refractivity (Wildman–Crippen MR) is 61.1 cm³/mol. The molecule has 0 aliphatic rings. The summed E-state index contributed by atoms with van der Waals surface area (Å²) in [5.74, 6) is 0. The molecule has 0 aromatic heterocycles. The Hall–Kier alpha value is -1.78. The second-order valence-electron chi connectivity index (χ2n) is 3.81. The molecule has 4 N–H and O–H groups in total. The quantitative estimate of drug-likeness (QED) is 0.757. The highest BCUT2D eigenvalue weighted by atomic mass is 19.4. The second-order valence-corrected chi connectivity index (χ2v) is 3.81. The van der Waals surface area contributed by atoms with Crippen molar-refractivity contribution in [1.82, 2.24) is 0 Å². The van der Waals surface area contributed by atoms with E-state index in [0.29, 0.717) is 11.1 Å². The third-order valence-electron chi connectivity index (χ3n) is 2.43. The maximum atomic E-state index is 12.5. The first-order valence-electron chi connectivity index (χ1n) is 4.97. The van der Waals surface area contributed by atoms with Crippen LogP contribution in [0.25, 0.3) is 5.57 Å². The second kappa shape index (κ2) is 4.61. The van der Waals surface area contributed by atoms with E-state index >= 15 is 0 Å². The summed E-state index contributed by atoms with van der Waals surface area (Å²) in [4.78, 5) is 0. The number of nitrogens with two attached hydrogens (primary N) is 2. The summed E-state index contributed by atoms with van der Waals surface area (Å²) in [6.07, 6.45) is -3.69. The number of rotatable bonds is 2. The Morgan fingerprint density at radius 1 is 1.29 bits per heavy atom. The Morgan fingerprint density at radius 3 is 2.29 bits per heavy atom. The first kappa shape index (κ1) is 13.3. The number of allylic oxidation sites excluding steroid dienone is 2. The maximum Gasteiger partial charge on any atom is 0.431 e. The zero-order valence-electron chi connectivity index (χ0n) is 9.60. The molecule has 1 aromatic rings. The predicted octanol–water partition coefficient (Wildman–Crippen LogP) is 1.37. The lowest BCUT2D eigenvalue weighted by molar-refractivity contribution is -0.105. The van der Waals surface area contributed by atoms with Crippen molar-refractivity contribution in [2.75, 3.05) is 0 Å². The van der Waals surface area contributed by atoms with Gasteiger partial charge in [-0.2, -0.15) is 13.2 Å². The van der Waals surface area contributed by atoms with E-state index in [1.54, 1.807) is 25.1 Å². The molecule has 0 atom stereocenters. The molecule has 0 saturated heterocycles. The largest absolute Gasteiger partial charge is 0.431 e. The van der Waals surface area contributed by atoms with Crippen LogP contribution in [-0.2, 0) is 0 Å². The van der Waals surface area contributed by atoms with Crippen LogP contribution >= 0.6 is 0 Å². The van der Waals surface area contributed by atoms with E-state index in [0.717, 1.165) is 11.8 Å². The number of hydrogen-bond donors (Lipinski definition) is 2. The molecule has 1 rings (SSSR count). The number of halogens is 3. The van der Waals surface area contributed by atoms with Gasteiger partial charge in [-0.25, -0.2) is 0 Å². The molecule has 1 aromatic carbocycles. The van der Waals surface area contributed by atoms with Gasteiger partial charge in [-0.05, 0) is 25.0 Å². The fourth-order valence-corrected chi connectivity index (χ4v) is 1.59. The summed E-state index contributed by atoms with van der Waals surface area (Å²) in [5.41, 5.74) is 5.79. The van der Waals surface area contributed by atoms with Crippen LogP contribution in [0.4, 0.5) is 13.2 Å². The smallest absolute Gasteiger partial charge is 0.394 e. The van der Waals surface area contributed by atoms with Gasteiger partial charge in [-0.15, -0.1) is 0 Å². The Labute approximate surface area is 97.5 Å². The molecule has 2 nitrogen and oxygen atoms in total. The molecule has 0 aliphatic carbocycles. The Kier molecular flexibility index (Phi) is 3.60. The lowest BCUT2D eigenvalue weighted by Gasteiger charge is -2.12. The van der Waals surface area contributed by atoms with E-state index < -0.39 is 11.9 Å². The van der Waals surface area contributed by atoms with Crippen molar-refractivity contribution in [2.45, 2.75) is 20.0 Å². The van der Waals surface area contributed by atoms with Crippen LogP contribution in [0.15, 0.2) is 23.9 Å².